The van der Waals surface area contributed by atoms with Crippen LogP contribution in [0.3, 0.4) is 0 Å². The number of hydrazine groups is 1. The van der Waals surface area contributed by atoms with Crippen LogP contribution >= 0.6 is 35.4 Å². The van der Waals surface area contributed by atoms with Gasteiger partial charge in [-0.1, -0.05) is 23.2 Å². The van der Waals surface area contributed by atoms with Gasteiger partial charge in [-0.3, -0.25) is 15.6 Å². The monoisotopic (exact) mass is 318 g/mol. The van der Waals surface area contributed by atoms with Crippen LogP contribution in [0.4, 0.5) is 5.69 Å². The Bertz CT molecular complexity index is 533. The quantitative estimate of drug-likeness (QED) is 0.494. The summed E-state index contributed by atoms with van der Waals surface area (Å²) in [6.45, 7) is 0. The minimum atomic E-state index is -0.744. The van der Waals surface area contributed by atoms with Crippen molar-refractivity contribution in [3.8, 4) is 0 Å². The smallest absolute Gasteiger partial charge is 0.258 e. The van der Waals surface area contributed by atoms with Gasteiger partial charge in [0, 0.05) is 5.69 Å². The average Bonchev–Trinajstić information content (AvgIpc) is 3.10. The zero-order chi connectivity index (χ0) is 14.0. The van der Waals surface area contributed by atoms with Gasteiger partial charge in [-0.05, 0) is 43.3 Å². The van der Waals surface area contributed by atoms with Crippen LogP contribution in [-0.4, -0.2) is 16.6 Å². The van der Waals surface area contributed by atoms with E-state index in [1.165, 1.54) is 0 Å². The molecule has 0 heterocycles. The zero-order valence-electron chi connectivity index (χ0n) is 9.80. The van der Waals surface area contributed by atoms with Crippen molar-refractivity contribution in [2.45, 2.75) is 18.4 Å². The van der Waals surface area contributed by atoms with Gasteiger partial charge < -0.3 is 11.1 Å². The van der Waals surface area contributed by atoms with E-state index in [4.69, 9.17) is 41.2 Å². The number of nitrogens with one attached hydrogen (secondary N) is 3. The molecule has 8 heteroatoms. The third-order valence-corrected chi connectivity index (χ3v) is 3.65. The van der Waals surface area contributed by atoms with Crippen LogP contribution in [0.2, 0.25) is 10.0 Å². The highest BCUT2D eigenvalue weighted by Crippen LogP contribution is 2.31. The molecule has 19 heavy (non-hydrogen) atoms. The molecule has 1 fully saturated rings. The predicted molar refractivity (Wildman–Crippen MR) is 80.1 cm³/mol. The Kier molecular flexibility index (Phi) is 4.15. The lowest BCUT2D eigenvalue weighted by atomic mass is 10.3. The normalized spacial score (nSPS) is 15.5. The Morgan fingerprint density at radius 1 is 1.26 bits per heavy atom. The maximum Gasteiger partial charge on any atom is 0.258 e. The van der Waals surface area contributed by atoms with Crippen molar-refractivity contribution in [2.24, 2.45) is 5.73 Å². The molecule has 1 amide bonds. The first-order valence-electron chi connectivity index (χ1n) is 5.52. The number of carbonyl (C=O) groups is 1. The SMILES string of the molecule is NC1(C(=O)NNC(=S)Nc2ccc(Cl)c(Cl)c2)CC1. The summed E-state index contributed by atoms with van der Waals surface area (Å²) in [5.41, 5.74) is 10.7. The van der Waals surface area contributed by atoms with Crippen LogP contribution in [0.25, 0.3) is 0 Å². The number of anilines is 1. The standard InChI is InChI=1S/C11H12Cl2N4OS/c12-7-2-1-6(5-8(7)13)15-10(19)17-16-9(18)11(14)3-4-11/h1-2,5H,3-4,14H2,(H,16,18)(H2,15,17,19). The molecule has 1 aromatic rings. The minimum absolute atomic E-state index is 0.232. The second-order valence-electron chi connectivity index (χ2n) is 4.32. The molecule has 102 valence electrons. The van der Waals surface area contributed by atoms with Crippen molar-refractivity contribution in [3.63, 3.8) is 0 Å². The van der Waals surface area contributed by atoms with Crippen LogP contribution in [0, 0.1) is 0 Å². The maximum atomic E-state index is 11.6. The largest absolute Gasteiger partial charge is 0.331 e. The third-order valence-electron chi connectivity index (χ3n) is 2.71. The Morgan fingerprint density at radius 2 is 1.95 bits per heavy atom. The first-order chi connectivity index (χ1) is 8.90. The topological polar surface area (TPSA) is 79.2 Å². The first-order valence-corrected chi connectivity index (χ1v) is 6.68. The highest BCUT2D eigenvalue weighted by atomic mass is 35.5. The summed E-state index contributed by atoms with van der Waals surface area (Å²) < 4.78 is 0. The number of rotatable bonds is 2. The van der Waals surface area contributed by atoms with E-state index in [0.717, 1.165) is 0 Å². The molecule has 1 aromatic carbocycles. The third kappa shape index (κ3) is 3.70. The number of benzene rings is 1. The lowest BCUT2D eigenvalue weighted by Crippen LogP contribution is -2.51. The van der Waals surface area contributed by atoms with Crippen molar-refractivity contribution in [1.29, 1.82) is 0 Å². The van der Waals surface area contributed by atoms with E-state index < -0.39 is 5.54 Å². The highest BCUT2D eigenvalue weighted by molar-refractivity contribution is 7.80. The predicted octanol–water partition coefficient (Wildman–Crippen LogP) is 1.80. The molecule has 1 aliphatic rings. The number of thiocarbonyl (C=S) groups is 1. The van der Waals surface area contributed by atoms with Crippen molar-refractivity contribution in [3.05, 3.63) is 28.2 Å². The van der Waals surface area contributed by atoms with E-state index in [-0.39, 0.29) is 11.0 Å². The Hall–Kier alpha value is -1.08. The van der Waals surface area contributed by atoms with E-state index in [2.05, 4.69) is 16.2 Å². The summed E-state index contributed by atoms with van der Waals surface area (Å²) in [6.07, 6.45) is 1.38. The van der Waals surface area contributed by atoms with Crippen LogP contribution in [0.15, 0.2) is 18.2 Å². The van der Waals surface area contributed by atoms with Gasteiger partial charge in [0.25, 0.3) is 5.91 Å². The van der Waals surface area contributed by atoms with Gasteiger partial charge in [0.2, 0.25) is 0 Å². The number of amides is 1. The molecule has 0 atom stereocenters. The molecule has 0 saturated heterocycles. The highest BCUT2D eigenvalue weighted by Gasteiger charge is 2.46. The Morgan fingerprint density at radius 3 is 2.53 bits per heavy atom. The summed E-state index contributed by atoms with van der Waals surface area (Å²) in [4.78, 5) is 11.6. The van der Waals surface area contributed by atoms with Crippen molar-refractivity contribution in [1.82, 2.24) is 10.9 Å². The first kappa shape index (κ1) is 14.3. The second kappa shape index (κ2) is 5.50. The summed E-state index contributed by atoms with van der Waals surface area (Å²) >= 11 is 16.7. The van der Waals surface area contributed by atoms with Gasteiger partial charge in [0.05, 0.1) is 15.6 Å². The maximum absolute atomic E-state index is 11.6. The molecule has 2 rings (SSSR count). The van der Waals surface area contributed by atoms with Crippen molar-refractivity contribution >= 4 is 52.1 Å². The summed E-state index contributed by atoms with van der Waals surface area (Å²) in [7, 11) is 0. The molecule has 1 saturated carbocycles. The molecule has 5 N–H and O–H groups in total. The Balaban J connectivity index is 1.84. The fourth-order valence-electron chi connectivity index (χ4n) is 1.34. The number of hydrogen-bond donors (Lipinski definition) is 4. The summed E-state index contributed by atoms with van der Waals surface area (Å²) in [6, 6.07) is 4.99. The average molecular weight is 319 g/mol. The van der Waals surface area contributed by atoms with Crippen LogP contribution in [0.1, 0.15) is 12.8 Å². The molecule has 0 unspecified atom stereocenters. The molecule has 5 nitrogen and oxygen atoms in total. The van der Waals surface area contributed by atoms with Crippen LogP contribution in [0.5, 0.6) is 0 Å². The fraction of sp³-hybridized carbons (Fsp3) is 0.273. The molecular weight excluding hydrogens is 307 g/mol. The molecule has 0 aliphatic heterocycles. The molecule has 0 spiro atoms. The van der Waals surface area contributed by atoms with Gasteiger partial charge in [-0.15, -0.1) is 0 Å². The summed E-state index contributed by atoms with van der Waals surface area (Å²) in [5.74, 6) is -0.272. The van der Waals surface area contributed by atoms with Crippen LogP contribution < -0.4 is 21.9 Å². The molecule has 1 aliphatic carbocycles. The lowest BCUT2D eigenvalue weighted by Gasteiger charge is -2.14. The number of halogens is 2. The van der Waals surface area contributed by atoms with Gasteiger partial charge in [0.15, 0.2) is 5.11 Å². The van der Waals surface area contributed by atoms with Gasteiger partial charge in [-0.2, -0.15) is 0 Å². The van der Waals surface area contributed by atoms with Crippen LogP contribution in [-0.2, 0) is 4.79 Å². The van der Waals surface area contributed by atoms with Gasteiger partial charge >= 0.3 is 0 Å². The molecule has 0 aromatic heterocycles. The van der Waals surface area contributed by atoms with E-state index in [1.807, 2.05) is 0 Å². The second-order valence-corrected chi connectivity index (χ2v) is 5.54. The minimum Gasteiger partial charge on any atom is -0.331 e. The molecule has 0 radical (unpaired) electrons. The van der Waals surface area contributed by atoms with E-state index >= 15 is 0 Å². The zero-order valence-corrected chi connectivity index (χ0v) is 12.1. The Labute approximate surface area is 125 Å². The number of hydrogen-bond acceptors (Lipinski definition) is 3. The van der Waals surface area contributed by atoms with E-state index in [0.29, 0.717) is 28.6 Å². The number of carbonyl (C=O) groups excluding carboxylic acids is 1. The van der Waals surface area contributed by atoms with Gasteiger partial charge in [0.1, 0.15) is 0 Å². The molecule has 0 bridgehead atoms. The molecular formula is C11H12Cl2N4OS. The van der Waals surface area contributed by atoms with E-state index in [9.17, 15) is 4.79 Å². The lowest BCUT2D eigenvalue weighted by molar-refractivity contribution is -0.123. The van der Waals surface area contributed by atoms with Crippen molar-refractivity contribution < 1.29 is 4.79 Å². The van der Waals surface area contributed by atoms with Gasteiger partial charge in [-0.25, -0.2) is 0 Å². The number of nitrogens with two attached hydrogens (primary N) is 1. The fourth-order valence-corrected chi connectivity index (χ4v) is 1.80. The van der Waals surface area contributed by atoms with E-state index in [1.54, 1.807) is 18.2 Å². The summed E-state index contributed by atoms with van der Waals surface area (Å²) in [5, 5.41) is 3.96. The van der Waals surface area contributed by atoms with Crippen molar-refractivity contribution in [2.75, 3.05) is 5.32 Å².